The Morgan fingerprint density at radius 2 is 1.50 bits per heavy atom. The van der Waals surface area contributed by atoms with E-state index >= 15 is 0 Å². The summed E-state index contributed by atoms with van der Waals surface area (Å²) >= 11 is 0. The van der Waals surface area contributed by atoms with Crippen LogP contribution in [0.1, 0.15) is 0 Å². The summed E-state index contributed by atoms with van der Waals surface area (Å²) in [6, 6.07) is 0. The van der Waals surface area contributed by atoms with Crippen molar-refractivity contribution >= 4 is 7.75 Å². The van der Waals surface area contributed by atoms with Crippen molar-refractivity contribution in [1.29, 1.82) is 0 Å². The van der Waals surface area contributed by atoms with E-state index in [4.69, 9.17) is 15.3 Å². The molecule has 0 aliphatic heterocycles. The second kappa shape index (κ2) is 5.77. The molecule has 0 aromatic rings. The highest BCUT2D eigenvalue weighted by atomic mass is 31.2. The molecule has 0 saturated carbocycles. The summed E-state index contributed by atoms with van der Waals surface area (Å²) in [6.07, 6.45) is 0. The number of nitrogens with one attached hydrogen (secondary N) is 1. The summed E-state index contributed by atoms with van der Waals surface area (Å²) in [7, 11) is -1.29. The molecule has 0 rings (SSSR count). The van der Waals surface area contributed by atoms with E-state index in [0.717, 1.165) is 14.2 Å². The molecule has 0 aliphatic rings. The minimum absolute atomic E-state index is 0.600. The van der Waals surface area contributed by atoms with Gasteiger partial charge in [0.2, 0.25) is 0 Å². The van der Waals surface area contributed by atoms with Crippen LogP contribution in [-0.2, 0) is 13.6 Å². The van der Waals surface area contributed by atoms with Gasteiger partial charge < -0.3 is 24.4 Å². The van der Waals surface area contributed by atoms with E-state index in [2.05, 4.69) is 14.1 Å². The van der Waals surface area contributed by atoms with Gasteiger partial charge in [-0.15, -0.1) is 0 Å². The molecule has 8 heteroatoms. The Hall–Kier alpha value is -0.0100. The molecule has 0 radical (unpaired) electrons. The van der Waals surface area contributed by atoms with Crippen LogP contribution in [0, 0.1) is 0 Å². The van der Waals surface area contributed by atoms with Crippen LogP contribution in [0.4, 0.5) is 0 Å². The van der Waals surface area contributed by atoms with Gasteiger partial charge in [0.15, 0.2) is 0 Å². The Morgan fingerprint density at radius 1 is 1.14 bits per heavy atom. The lowest BCUT2D eigenvalue weighted by Gasteiger charge is -2.31. The maximum absolute atomic E-state index is 11.6. The minimum Gasteiger partial charge on any atom is -0.394 e. The Labute approximate surface area is 82.2 Å². The van der Waals surface area contributed by atoms with Crippen molar-refractivity contribution in [3.63, 3.8) is 0 Å². The third-order valence-corrected chi connectivity index (χ3v) is 3.47. The Morgan fingerprint density at radius 3 is 1.71 bits per heavy atom. The van der Waals surface area contributed by atoms with Crippen molar-refractivity contribution in [3.05, 3.63) is 0 Å². The molecule has 14 heavy (non-hydrogen) atoms. The van der Waals surface area contributed by atoms with Crippen LogP contribution in [0.2, 0.25) is 0 Å². The van der Waals surface area contributed by atoms with Gasteiger partial charge in [0.05, 0.1) is 25.4 Å². The molecular formula is C6H16NO6P. The van der Waals surface area contributed by atoms with E-state index in [9.17, 15) is 4.57 Å². The largest absolute Gasteiger partial charge is 0.405 e. The Bertz CT molecular complexity index is 190. The van der Waals surface area contributed by atoms with Gasteiger partial charge in [-0.2, -0.15) is 0 Å². The van der Waals surface area contributed by atoms with E-state index in [-0.39, 0.29) is 0 Å². The predicted molar refractivity (Wildman–Crippen MR) is 48.7 cm³/mol. The molecule has 0 saturated heterocycles. The van der Waals surface area contributed by atoms with E-state index in [1.165, 1.54) is 0 Å². The normalized spacial score (nSPS) is 13.2. The van der Waals surface area contributed by atoms with E-state index in [0.29, 0.717) is 0 Å². The van der Waals surface area contributed by atoms with E-state index in [1.54, 1.807) is 0 Å². The molecule has 0 bridgehead atoms. The molecule has 0 unspecified atom stereocenters. The second-order valence-electron chi connectivity index (χ2n) is 2.73. The van der Waals surface area contributed by atoms with E-state index < -0.39 is 33.1 Å². The van der Waals surface area contributed by atoms with Crippen molar-refractivity contribution < 1.29 is 28.9 Å². The first-order valence-corrected chi connectivity index (χ1v) is 5.39. The van der Waals surface area contributed by atoms with Gasteiger partial charge in [0, 0.05) is 14.2 Å². The summed E-state index contributed by atoms with van der Waals surface area (Å²) in [6.45, 7) is -1.80. The third kappa shape index (κ3) is 3.29. The zero-order valence-electron chi connectivity index (χ0n) is 8.13. The Kier molecular flexibility index (Phi) is 5.77. The summed E-state index contributed by atoms with van der Waals surface area (Å²) in [5, 5.41) is 29.0. The number of hydrogen-bond donors (Lipinski definition) is 4. The van der Waals surface area contributed by atoms with Gasteiger partial charge >= 0.3 is 7.75 Å². The smallest absolute Gasteiger partial charge is 0.394 e. The van der Waals surface area contributed by atoms with Crippen LogP contribution < -0.4 is 5.09 Å². The molecular weight excluding hydrogens is 213 g/mol. The van der Waals surface area contributed by atoms with Crippen LogP contribution in [-0.4, -0.2) is 54.9 Å². The van der Waals surface area contributed by atoms with Gasteiger partial charge in [0.25, 0.3) is 0 Å². The first-order valence-electron chi connectivity index (χ1n) is 3.85. The van der Waals surface area contributed by atoms with Gasteiger partial charge in [0.1, 0.15) is 0 Å². The van der Waals surface area contributed by atoms with Crippen LogP contribution in [0.3, 0.4) is 0 Å². The van der Waals surface area contributed by atoms with Gasteiger partial charge in [-0.05, 0) is 0 Å². The lowest BCUT2D eigenvalue weighted by molar-refractivity contribution is 0.0505. The molecule has 0 aromatic heterocycles. The zero-order chi connectivity index (χ0) is 11.2. The summed E-state index contributed by atoms with van der Waals surface area (Å²) in [5.74, 6) is 0. The quantitative estimate of drug-likeness (QED) is 0.401. The van der Waals surface area contributed by atoms with Gasteiger partial charge in [-0.25, -0.2) is 9.65 Å². The predicted octanol–water partition coefficient (Wildman–Crippen LogP) is -1.31. The number of hydrogen-bond acceptors (Lipinski definition) is 6. The summed E-state index contributed by atoms with van der Waals surface area (Å²) in [4.78, 5) is 0. The molecule has 0 spiro atoms. The highest BCUT2D eigenvalue weighted by Gasteiger charge is 2.37. The number of rotatable bonds is 7. The van der Waals surface area contributed by atoms with Crippen molar-refractivity contribution in [3.8, 4) is 0 Å². The van der Waals surface area contributed by atoms with Crippen LogP contribution in [0.15, 0.2) is 0 Å². The molecule has 0 amide bonds. The molecule has 0 aromatic carbocycles. The Balaban J connectivity index is 4.65. The maximum Gasteiger partial charge on any atom is 0.405 e. The fourth-order valence-corrected chi connectivity index (χ4v) is 1.84. The van der Waals surface area contributed by atoms with Crippen molar-refractivity contribution in [1.82, 2.24) is 5.09 Å². The van der Waals surface area contributed by atoms with Crippen molar-refractivity contribution in [2.75, 3.05) is 34.0 Å². The number of aliphatic hydroxyl groups is 3. The average molecular weight is 229 g/mol. The molecule has 7 nitrogen and oxygen atoms in total. The SMILES string of the molecule is COP(=O)(NC(CO)(CO)CO)OC. The van der Waals surface area contributed by atoms with E-state index in [1.807, 2.05) is 0 Å². The van der Waals surface area contributed by atoms with Gasteiger partial charge in [-0.3, -0.25) is 0 Å². The minimum atomic E-state index is -3.58. The lowest BCUT2D eigenvalue weighted by atomic mass is 10.1. The second-order valence-corrected chi connectivity index (χ2v) is 4.68. The first kappa shape index (κ1) is 14.0. The summed E-state index contributed by atoms with van der Waals surface area (Å²) < 4.78 is 20.6. The van der Waals surface area contributed by atoms with Crippen LogP contribution in [0.25, 0.3) is 0 Å². The van der Waals surface area contributed by atoms with Crippen LogP contribution in [0.5, 0.6) is 0 Å². The third-order valence-electron chi connectivity index (χ3n) is 1.76. The molecule has 0 aliphatic carbocycles. The molecule has 86 valence electrons. The standard InChI is InChI=1S/C6H16NO6P/c1-12-14(11,13-2)7-6(3-8,4-9)5-10/h8-10H,3-5H2,1-2H3,(H,7,11). The molecule has 4 N–H and O–H groups in total. The lowest BCUT2D eigenvalue weighted by Crippen LogP contribution is -2.53. The molecule has 0 fully saturated rings. The average Bonchev–Trinajstić information content (AvgIpc) is 2.26. The monoisotopic (exact) mass is 229 g/mol. The topological polar surface area (TPSA) is 108 Å². The fourth-order valence-electron chi connectivity index (χ4n) is 0.712. The van der Waals surface area contributed by atoms with Crippen LogP contribution >= 0.6 is 7.75 Å². The number of aliphatic hydroxyl groups excluding tert-OH is 3. The molecule has 0 heterocycles. The van der Waals surface area contributed by atoms with Gasteiger partial charge in [-0.1, -0.05) is 0 Å². The molecule has 0 atom stereocenters. The van der Waals surface area contributed by atoms with Crippen molar-refractivity contribution in [2.24, 2.45) is 0 Å². The highest BCUT2D eigenvalue weighted by Crippen LogP contribution is 2.43. The zero-order valence-corrected chi connectivity index (χ0v) is 9.03. The van der Waals surface area contributed by atoms with Crippen molar-refractivity contribution in [2.45, 2.75) is 5.54 Å². The first-order chi connectivity index (χ1) is 6.51. The summed E-state index contributed by atoms with van der Waals surface area (Å²) in [5.41, 5.74) is -1.48. The fraction of sp³-hybridized carbons (Fsp3) is 1.00. The maximum atomic E-state index is 11.6. The highest BCUT2D eigenvalue weighted by molar-refractivity contribution is 7.51.